The van der Waals surface area contributed by atoms with Gasteiger partial charge in [-0.25, -0.2) is 22.5 Å². The third-order valence-electron chi connectivity index (χ3n) is 6.58. The Hall–Kier alpha value is -2.42. The first kappa shape index (κ1) is 26.2. The highest BCUT2D eigenvalue weighted by atomic mass is 32.2. The Morgan fingerprint density at radius 3 is 2.68 bits per heavy atom. The lowest BCUT2D eigenvalue weighted by molar-refractivity contribution is 0.0914. The molecule has 1 aromatic rings. The van der Waals surface area contributed by atoms with Crippen LogP contribution < -0.4 is 19.5 Å². The third kappa shape index (κ3) is 6.02. The van der Waals surface area contributed by atoms with Crippen LogP contribution in [0.15, 0.2) is 47.1 Å². The van der Waals surface area contributed by atoms with Gasteiger partial charge in [0.1, 0.15) is 28.1 Å². The van der Waals surface area contributed by atoms with Crippen LogP contribution >= 0.6 is 23.9 Å². The number of pyridine rings is 1. The highest BCUT2D eigenvalue weighted by Crippen LogP contribution is 2.35. The van der Waals surface area contributed by atoms with Gasteiger partial charge in [-0.15, -0.1) is 0 Å². The average molecular weight is 570 g/mol. The lowest BCUT2D eigenvalue weighted by atomic mass is 9.91. The molecule has 1 aromatic heterocycles. The standard InChI is InChI=1S/C23H28FN5O5S3/c24-14-11-18(23(25-12-14)34-17-6-9-35-10-7-17)22(31)27-15-1-3-16(4-2-15)28-37(32,33)21-19-13-26-36-29(19)8-5-20(21)30/h5,8,11-13,15-17,26,28,30H,1-4,6-7,9-10H2,(H,27,31). The van der Waals surface area contributed by atoms with Gasteiger partial charge >= 0.3 is 0 Å². The Balaban J connectivity index is 1.18. The van der Waals surface area contributed by atoms with Gasteiger partial charge in [0.25, 0.3) is 5.91 Å². The fraction of sp³-hybridized carbons (Fsp3) is 0.478. The molecular formula is C23H28FN5O5S3. The van der Waals surface area contributed by atoms with Crippen LogP contribution in [0.4, 0.5) is 4.39 Å². The molecule has 4 aliphatic rings. The molecular weight excluding hydrogens is 541 g/mol. The van der Waals surface area contributed by atoms with E-state index >= 15 is 0 Å². The number of aromatic nitrogens is 1. The monoisotopic (exact) mass is 569 g/mol. The molecule has 3 aliphatic heterocycles. The van der Waals surface area contributed by atoms with Crippen molar-refractivity contribution in [1.82, 2.24) is 24.1 Å². The molecule has 0 atom stereocenters. The summed E-state index contributed by atoms with van der Waals surface area (Å²) in [5, 5.41) is 13.2. The molecule has 1 saturated heterocycles. The van der Waals surface area contributed by atoms with E-state index in [9.17, 15) is 22.7 Å². The van der Waals surface area contributed by atoms with Gasteiger partial charge in [-0.05, 0) is 62.2 Å². The minimum absolute atomic E-state index is 0.0510. The second kappa shape index (κ2) is 11.1. The number of hydrogen-bond donors (Lipinski definition) is 4. The Morgan fingerprint density at radius 1 is 1.19 bits per heavy atom. The van der Waals surface area contributed by atoms with Gasteiger partial charge in [0, 0.05) is 24.5 Å². The Labute approximate surface area is 223 Å². The average Bonchev–Trinajstić information content (AvgIpc) is 3.35. The van der Waals surface area contributed by atoms with E-state index in [1.54, 1.807) is 10.5 Å². The van der Waals surface area contributed by atoms with Gasteiger partial charge in [0.05, 0.1) is 24.0 Å². The number of carbonyl (C=O) groups excluding carboxylic acids is 1. The smallest absolute Gasteiger partial charge is 0.257 e. The van der Waals surface area contributed by atoms with Crippen molar-refractivity contribution in [2.75, 3.05) is 11.5 Å². The van der Waals surface area contributed by atoms with E-state index in [-0.39, 0.29) is 40.3 Å². The van der Waals surface area contributed by atoms with Crippen molar-refractivity contribution in [2.24, 2.45) is 0 Å². The van der Waals surface area contributed by atoms with Gasteiger partial charge in [-0.3, -0.25) is 9.10 Å². The van der Waals surface area contributed by atoms with Crippen LogP contribution in [0, 0.1) is 5.82 Å². The first-order valence-corrected chi connectivity index (χ1v) is 15.5. The molecule has 200 valence electrons. The number of nitrogens with one attached hydrogen (secondary N) is 3. The van der Waals surface area contributed by atoms with Crippen LogP contribution in [0.25, 0.3) is 0 Å². The minimum Gasteiger partial charge on any atom is -0.506 e. The van der Waals surface area contributed by atoms with Crippen molar-refractivity contribution in [1.29, 1.82) is 0 Å². The highest BCUT2D eigenvalue weighted by molar-refractivity contribution is 7.99. The summed E-state index contributed by atoms with van der Waals surface area (Å²) in [4.78, 5) is 16.9. The third-order valence-corrected chi connectivity index (χ3v) is 9.97. The summed E-state index contributed by atoms with van der Waals surface area (Å²) in [6.45, 7) is 0. The van der Waals surface area contributed by atoms with Gasteiger partial charge in [-0.2, -0.15) is 11.8 Å². The number of fused-ring (bicyclic) bond motifs is 1. The van der Waals surface area contributed by atoms with E-state index in [1.165, 1.54) is 24.4 Å². The summed E-state index contributed by atoms with van der Waals surface area (Å²) in [5.74, 6) is 0.677. The normalized spacial score (nSPS) is 24.4. The lowest BCUT2D eigenvalue weighted by Crippen LogP contribution is -2.44. The highest BCUT2D eigenvalue weighted by Gasteiger charge is 2.36. The zero-order valence-electron chi connectivity index (χ0n) is 19.9. The van der Waals surface area contributed by atoms with Crippen LogP contribution in [-0.2, 0) is 10.0 Å². The van der Waals surface area contributed by atoms with E-state index in [0.29, 0.717) is 31.4 Å². The zero-order chi connectivity index (χ0) is 26.0. The van der Waals surface area contributed by atoms with Gasteiger partial charge in [0.15, 0.2) is 0 Å². The predicted octanol–water partition coefficient (Wildman–Crippen LogP) is 3.06. The summed E-state index contributed by atoms with van der Waals surface area (Å²) in [6.07, 6.45) is 9.20. The number of thioether (sulfide) groups is 1. The predicted molar refractivity (Wildman–Crippen MR) is 140 cm³/mol. The number of hydrogen-bond acceptors (Lipinski definition) is 10. The number of halogens is 1. The largest absolute Gasteiger partial charge is 0.506 e. The quantitative estimate of drug-likeness (QED) is 0.363. The molecule has 0 spiro atoms. The molecule has 5 rings (SSSR count). The first-order valence-electron chi connectivity index (χ1n) is 12.1. The Kier molecular flexibility index (Phi) is 7.88. The van der Waals surface area contributed by atoms with Gasteiger partial charge < -0.3 is 19.9 Å². The topological polar surface area (TPSA) is 133 Å². The maximum Gasteiger partial charge on any atom is 0.257 e. The number of rotatable bonds is 7. The maximum absolute atomic E-state index is 13.9. The van der Waals surface area contributed by atoms with E-state index in [4.69, 9.17) is 4.74 Å². The molecule has 10 nitrogen and oxygen atoms in total. The molecule has 0 bridgehead atoms. The summed E-state index contributed by atoms with van der Waals surface area (Å²) in [5.41, 5.74) is 0.418. The number of sulfonamides is 1. The van der Waals surface area contributed by atoms with Crippen molar-refractivity contribution in [2.45, 2.75) is 56.7 Å². The van der Waals surface area contributed by atoms with Crippen molar-refractivity contribution in [3.8, 4) is 5.88 Å². The second-order valence-electron chi connectivity index (χ2n) is 9.17. The Bertz CT molecular complexity index is 1240. The number of nitrogens with zero attached hydrogens (tertiary/aromatic N) is 2. The summed E-state index contributed by atoms with van der Waals surface area (Å²) in [6, 6.07) is 0.593. The zero-order valence-corrected chi connectivity index (χ0v) is 22.3. The van der Waals surface area contributed by atoms with E-state index in [2.05, 4.69) is 19.7 Å². The fourth-order valence-electron chi connectivity index (χ4n) is 4.68. The molecule has 1 saturated carbocycles. The molecule has 4 heterocycles. The van der Waals surface area contributed by atoms with Crippen molar-refractivity contribution in [3.05, 3.63) is 58.5 Å². The number of allylic oxidation sites excluding steroid dienone is 1. The van der Waals surface area contributed by atoms with Crippen LogP contribution in [0.5, 0.6) is 5.88 Å². The molecule has 1 aliphatic carbocycles. The van der Waals surface area contributed by atoms with Crippen molar-refractivity contribution < 1.29 is 27.4 Å². The van der Waals surface area contributed by atoms with Crippen LogP contribution in [0.3, 0.4) is 0 Å². The minimum atomic E-state index is -3.98. The molecule has 2 fully saturated rings. The SMILES string of the molecule is O=C(NC1CCC(NS(=O)(=O)C2=C(O)C=CN3SNC=C23)CC1)c1cc(F)cnc1OC1CCSCC1. The molecule has 1 amide bonds. The lowest BCUT2D eigenvalue weighted by Gasteiger charge is -2.30. The maximum atomic E-state index is 13.9. The molecule has 0 aromatic carbocycles. The number of aliphatic hydroxyl groups is 1. The van der Waals surface area contributed by atoms with E-state index in [0.717, 1.165) is 36.6 Å². The summed E-state index contributed by atoms with van der Waals surface area (Å²) < 4.78 is 53.2. The van der Waals surface area contributed by atoms with Crippen molar-refractivity contribution in [3.63, 3.8) is 0 Å². The summed E-state index contributed by atoms with van der Waals surface area (Å²) in [7, 11) is -3.98. The molecule has 37 heavy (non-hydrogen) atoms. The summed E-state index contributed by atoms with van der Waals surface area (Å²) >= 11 is 3.05. The van der Waals surface area contributed by atoms with Gasteiger partial charge in [0.2, 0.25) is 15.9 Å². The number of amides is 1. The van der Waals surface area contributed by atoms with E-state index < -0.39 is 21.7 Å². The number of carbonyl (C=O) groups is 1. The second-order valence-corrected chi connectivity index (χ2v) is 12.9. The number of ether oxygens (including phenoxy) is 1. The van der Waals surface area contributed by atoms with Gasteiger partial charge in [-0.1, -0.05) is 0 Å². The molecule has 0 radical (unpaired) electrons. The molecule has 4 N–H and O–H groups in total. The molecule has 14 heteroatoms. The first-order chi connectivity index (χ1) is 17.8. The van der Waals surface area contributed by atoms with E-state index in [1.807, 2.05) is 11.8 Å². The van der Waals surface area contributed by atoms with Crippen LogP contribution in [0.1, 0.15) is 48.9 Å². The fourth-order valence-corrected chi connectivity index (χ4v) is 8.01. The van der Waals surface area contributed by atoms with Crippen LogP contribution in [0.2, 0.25) is 0 Å². The Morgan fingerprint density at radius 2 is 1.92 bits per heavy atom. The molecule has 0 unspecified atom stereocenters. The van der Waals surface area contributed by atoms with Crippen LogP contribution in [-0.4, -0.2) is 58.4 Å². The van der Waals surface area contributed by atoms with Crippen molar-refractivity contribution >= 4 is 39.8 Å². The number of aliphatic hydroxyl groups excluding tert-OH is 1.